The van der Waals surface area contributed by atoms with E-state index in [-0.39, 0.29) is 19.1 Å². The van der Waals surface area contributed by atoms with Crippen LogP contribution in [0.15, 0.2) is 24.3 Å². The van der Waals surface area contributed by atoms with Crippen molar-refractivity contribution in [2.75, 3.05) is 13.9 Å². The molecule has 0 bridgehead atoms. The molecule has 1 rings (SSSR count). The fourth-order valence-electron chi connectivity index (χ4n) is 1.48. The molecule has 0 saturated heterocycles. The molecule has 0 heterocycles. The summed E-state index contributed by atoms with van der Waals surface area (Å²) < 4.78 is 27.2. The smallest absolute Gasteiger partial charge is 0.332 e. The third kappa shape index (κ3) is 6.21. The van der Waals surface area contributed by atoms with Crippen molar-refractivity contribution in [2.45, 2.75) is 32.5 Å². The minimum atomic E-state index is -3.62. The molecule has 19 heavy (non-hydrogen) atoms. The monoisotopic (exact) mass is 288 g/mol. The summed E-state index contributed by atoms with van der Waals surface area (Å²) in [5.41, 5.74) is 0.697. The Labute approximate surface area is 114 Å². The van der Waals surface area contributed by atoms with Gasteiger partial charge in [0.15, 0.2) is 6.79 Å². The first kappa shape index (κ1) is 16.2. The van der Waals surface area contributed by atoms with Crippen molar-refractivity contribution < 1.29 is 23.5 Å². The molecule has 1 N–H and O–H groups in total. The summed E-state index contributed by atoms with van der Waals surface area (Å²) in [6.07, 6.45) is 0.437. The van der Waals surface area contributed by atoms with Crippen LogP contribution < -0.4 is 4.74 Å². The van der Waals surface area contributed by atoms with Crippen molar-refractivity contribution in [3.05, 3.63) is 29.8 Å². The summed E-state index contributed by atoms with van der Waals surface area (Å²) >= 11 is 0. The van der Waals surface area contributed by atoms with Crippen LogP contribution in [-0.4, -0.2) is 24.9 Å². The first-order chi connectivity index (χ1) is 8.96. The number of ether oxygens (including phenoxy) is 2. The summed E-state index contributed by atoms with van der Waals surface area (Å²) in [6, 6.07) is 7.01. The zero-order valence-electron chi connectivity index (χ0n) is 11.5. The van der Waals surface area contributed by atoms with E-state index in [0.29, 0.717) is 17.7 Å². The topological polar surface area (TPSA) is 65.0 Å². The molecule has 1 aromatic carbocycles. The van der Waals surface area contributed by atoms with E-state index in [2.05, 4.69) is 0 Å². The Morgan fingerprint density at radius 2 is 2.16 bits per heavy atom. The molecule has 2 atom stereocenters. The van der Waals surface area contributed by atoms with Gasteiger partial charge in [-0.2, -0.15) is 0 Å². The average Bonchev–Trinajstić information content (AvgIpc) is 2.35. The molecule has 2 unspecified atom stereocenters. The number of benzene rings is 1. The Morgan fingerprint density at radius 3 is 2.79 bits per heavy atom. The third-order valence-corrected chi connectivity index (χ3v) is 4.00. The fourth-order valence-corrected chi connectivity index (χ4v) is 2.93. The summed E-state index contributed by atoms with van der Waals surface area (Å²) in [5, 5.41) is 0. The van der Waals surface area contributed by atoms with Gasteiger partial charge in [0, 0.05) is 7.11 Å². The second-order valence-electron chi connectivity index (χ2n) is 4.32. The van der Waals surface area contributed by atoms with Gasteiger partial charge in [-0.1, -0.05) is 19.1 Å². The van der Waals surface area contributed by atoms with Crippen molar-refractivity contribution in [2.24, 2.45) is 0 Å². The van der Waals surface area contributed by atoms with Gasteiger partial charge in [0.25, 0.3) is 0 Å². The number of hydrogen-bond acceptors (Lipinski definition) is 4. The van der Waals surface area contributed by atoms with Crippen molar-refractivity contribution in [3.8, 4) is 5.75 Å². The lowest BCUT2D eigenvalue weighted by atomic mass is 10.2. The van der Waals surface area contributed by atoms with Gasteiger partial charge >= 0.3 is 7.60 Å². The van der Waals surface area contributed by atoms with Gasteiger partial charge in [0.1, 0.15) is 5.75 Å². The maximum Gasteiger partial charge on any atom is 0.332 e. The lowest BCUT2D eigenvalue weighted by Crippen LogP contribution is -2.05. The van der Waals surface area contributed by atoms with E-state index >= 15 is 0 Å². The molecule has 108 valence electrons. The van der Waals surface area contributed by atoms with Crippen LogP contribution in [-0.2, 0) is 20.0 Å². The highest BCUT2D eigenvalue weighted by Gasteiger charge is 2.22. The highest BCUT2D eigenvalue weighted by Crippen LogP contribution is 2.47. The predicted octanol–water partition coefficient (Wildman–Crippen LogP) is 3.17. The van der Waals surface area contributed by atoms with Gasteiger partial charge in [-0.05, 0) is 31.0 Å². The maximum atomic E-state index is 11.9. The highest BCUT2D eigenvalue weighted by atomic mass is 31.2. The molecule has 1 aromatic rings. The zero-order valence-corrected chi connectivity index (χ0v) is 12.4. The zero-order chi connectivity index (χ0) is 14.3. The molecular weight excluding hydrogens is 267 g/mol. The Bertz CT molecular complexity index is 435. The van der Waals surface area contributed by atoms with E-state index in [1.54, 1.807) is 31.2 Å². The summed E-state index contributed by atoms with van der Waals surface area (Å²) in [6.45, 7) is 3.83. The third-order valence-electron chi connectivity index (χ3n) is 2.54. The van der Waals surface area contributed by atoms with Crippen molar-refractivity contribution >= 4 is 7.60 Å². The van der Waals surface area contributed by atoms with Gasteiger partial charge in [-0.15, -0.1) is 0 Å². The van der Waals surface area contributed by atoms with E-state index in [1.165, 1.54) is 7.11 Å². The molecule has 0 aliphatic carbocycles. The number of methoxy groups -OCH3 is 1. The molecule has 0 fully saturated rings. The number of hydrogen-bond donors (Lipinski definition) is 1. The average molecular weight is 288 g/mol. The van der Waals surface area contributed by atoms with Crippen LogP contribution >= 0.6 is 7.60 Å². The Kier molecular flexibility index (Phi) is 6.52. The SMILES string of the molecule is CCC(C)OP(=O)(O)Cc1cccc(OCOC)c1. The van der Waals surface area contributed by atoms with Crippen LogP contribution in [0.25, 0.3) is 0 Å². The summed E-state index contributed by atoms with van der Waals surface area (Å²) in [7, 11) is -2.09. The summed E-state index contributed by atoms with van der Waals surface area (Å²) in [5.74, 6) is 0.600. The van der Waals surface area contributed by atoms with Crippen molar-refractivity contribution in [1.29, 1.82) is 0 Å². The molecule has 5 nitrogen and oxygen atoms in total. The lowest BCUT2D eigenvalue weighted by molar-refractivity contribution is 0.0511. The van der Waals surface area contributed by atoms with E-state index in [4.69, 9.17) is 14.0 Å². The largest absolute Gasteiger partial charge is 0.468 e. The molecule has 0 amide bonds. The minimum absolute atomic E-state index is 0.0263. The van der Waals surface area contributed by atoms with Crippen LogP contribution in [0.5, 0.6) is 5.75 Å². The fraction of sp³-hybridized carbons (Fsp3) is 0.538. The van der Waals surface area contributed by atoms with E-state index in [0.717, 1.165) is 0 Å². The number of rotatable bonds is 8. The Morgan fingerprint density at radius 1 is 1.42 bits per heavy atom. The van der Waals surface area contributed by atoms with Crippen LogP contribution in [0.1, 0.15) is 25.8 Å². The van der Waals surface area contributed by atoms with Gasteiger partial charge < -0.3 is 18.9 Å². The van der Waals surface area contributed by atoms with Crippen LogP contribution in [0.3, 0.4) is 0 Å². The first-order valence-corrected chi connectivity index (χ1v) is 7.94. The van der Waals surface area contributed by atoms with Crippen LogP contribution in [0, 0.1) is 0 Å². The van der Waals surface area contributed by atoms with Crippen molar-refractivity contribution in [1.82, 2.24) is 0 Å². The molecule has 0 aliphatic heterocycles. The van der Waals surface area contributed by atoms with Gasteiger partial charge in [-0.3, -0.25) is 4.57 Å². The second-order valence-corrected chi connectivity index (χ2v) is 6.12. The second kappa shape index (κ2) is 7.65. The normalized spacial score (nSPS) is 15.8. The predicted molar refractivity (Wildman–Crippen MR) is 73.3 cm³/mol. The minimum Gasteiger partial charge on any atom is -0.468 e. The first-order valence-electron chi connectivity index (χ1n) is 6.17. The van der Waals surface area contributed by atoms with Crippen LogP contribution in [0.4, 0.5) is 0 Å². The van der Waals surface area contributed by atoms with E-state index in [1.807, 2.05) is 6.92 Å². The summed E-state index contributed by atoms with van der Waals surface area (Å²) in [4.78, 5) is 9.80. The Balaban J connectivity index is 2.67. The molecule has 6 heteroatoms. The quantitative estimate of drug-likeness (QED) is 0.588. The molecular formula is C13H21O5P. The van der Waals surface area contributed by atoms with Gasteiger partial charge in [0.2, 0.25) is 0 Å². The Hall–Kier alpha value is -0.870. The van der Waals surface area contributed by atoms with Crippen molar-refractivity contribution in [3.63, 3.8) is 0 Å². The molecule has 0 spiro atoms. The molecule has 0 aliphatic rings. The highest BCUT2D eigenvalue weighted by molar-refractivity contribution is 7.51. The van der Waals surface area contributed by atoms with E-state index in [9.17, 15) is 9.46 Å². The molecule has 0 radical (unpaired) electrons. The lowest BCUT2D eigenvalue weighted by Gasteiger charge is -2.17. The standard InChI is InChI=1S/C13H21O5P/c1-4-11(2)18-19(14,15)9-12-6-5-7-13(8-12)17-10-16-3/h5-8,11H,4,9-10H2,1-3H3,(H,14,15). The van der Waals surface area contributed by atoms with E-state index < -0.39 is 7.60 Å². The van der Waals surface area contributed by atoms with Crippen LogP contribution in [0.2, 0.25) is 0 Å². The van der Waals surface area contributed by atoms with Gasteiger partial charge in [0.05, 0.1) is 12.3 Å². The molecule has 0 saturated carbocycles. The maximum absolute atomic E-state index is 11.9. The van der Waals surface area contributed by atoms with Gasteiger partial charge in [-0.25, -0.2) is 0 Å². The molecule has 0 aromatic heterocycles.